The summed E-state index contributed by atoms with van der Waals surface area (Å²) in [6.07, 6.45) is 8.27. The molecule has 3 fully saturated rings. The van der Waals surface area contributed by atoms with Crippen molar-refractivity contribution in [3.8, 4) is 6.07 Å². The molecular formula is C20H35N5O2. The summed E-state index contributed by atoms with van der Waals surface area (Å²) in [5.41, 5.74) is -0.734. The first-order valence-electron chi connectivity index (χ1n) is 10.6. The standard InChI is InChI=1S/C20H35N5O2/c1-25-10-7-20(15-21,8-11-25)24-19(26)17(13-16-5-3-2-4-6-16)23-18-14-22-9-12-27-18/h16-18,22-23H,2-14H2,1H3,(H,24,26). The first-order chi connectivity index (χ1) is 13.1. The van der Waals surface area contributed by atoms with E-state index in [1.165, 1.54) is 32.1 Å². The van der Waals surface area contributed by atoms with Crippen molar-refractivity contribution < 1.29 is 9.53 Å². The van der Waals surface area contributed by atoms with Gasteiger partial charge in [-0.2, -0.15) is 5.26 Å². The zero-order chi connectivity index (χ0) is 19.1. The Balaban J connectivity index is 1.64. The minimum Gasteiger partial charge on any atom is -0.361 e. The van der Waals surface area contributed by atoms with Gasteiger partial charge in [-0.15, -0.1) is 0 Å². The fourth-order valence-corrected chi connectivity index (χ4v) is 4.49. The minimum atomic E-state index is -0.734. The molecule has 3 rings (SSSR count). The minimum absolute atomic E-state index is 0.0409. The largest absolute Gasteiger partial charge is 0.361 e. The van der Waals surface area contributed by atoms with Gasteiger partial charge in [-0.1, -0.05) is 32.1 Å². The first-order valence-corrected chi connectivity index (χ1v) is 10.6. The van der Waals surface area contributed by atoms with E-state index in [-0.39, 0.29) is 18.2 Å². The van der Waals surface area contributed by atoms with Gasteiger partial charge in [0.15, 0.2) is 0 Å². The number of nitriles is 1. The average molecular weight is 378 g/mol. The molecule has 7 nitrogen and oxygen atoms in total. The third-order valence-electron chi connectivity index (χ3n) is 6.34. The van der Waals surface area contributed by atoms with Gasteiger partial charge in [0.05, 0.1) is 18.7 Å². The highest BCUT2D eigenvalue weighted by molar-refractivity contribution is 5.83. The molecule has 27 heavy (non-hydrogen) atoms. The summed E-state index contributed by atoms with van der Waals surface area (Å²) in [6, 6.07) is 2.10. The topological polar surface area (TPSA) is 89.4 Å². The third kappa shape index (κ3) is 5.89. The number of likely N-dealkylation sites (tertiary alicyclic amines) is 1. The smallest absolute Gasteiger partial charge is 0.238 e. The maximum absolute atomic E-state index is 13.2. The highest BCUT2D eigenvalue weighted by Gasteiger charge is 2.38. The Hall–Kier alpha value is -1.20. The normalized spacial score (nSPS) is 28.2. The van der Waals surface area contributed by atoms with E-state index in [0.29, 0.717) is 31.9 Å². The zero-order valence-corrected chi connectivity index (χ0v) is 16.6. The third-order valence-corrected chi connectivity index (χ3v) is 6.34. The van der Waals surface area contributed by atoms with Crippen LogP contribution in [-0.2, 0) is 9.53 Å². The summed E-state index contributed by atoms with van der Waals surface area (Å²) >= 11 is 0. The molecule has 0 aromatic rings. The lowest BCUT2D eigenvalue weighted by molar-refractivity contribution is -0.127. The molecule has 1 saturated carbocycles. The van der Waals surface area contributed by atoms with Crippen LogP contribution in [0.1, 0.15) is 51.4 Å². The molecule has 0 spiro atoms. The van der Waals surface area contributed by atoms with Gasteiger partial charge in [0.2, 0.25) is 5.91 Å². The van der Waals surface area contributed by atoms with Gasteiger partial charge in [-0.05, 0) is 32.2 Å². The highest BCUT2D eigenvalue weighted by atomic mass is 16.5. The maximum atomic E-state index is 13.2. The van der Waals surface area contributed by atoms with Gasteiger partial charge in [-0.3, -0.25) is 10.1 Å². The summed E-state index contributed by atoms with van der Waals surface area (Å²) in [5.74, 6) is 0.537. The van der Waals surface area contributed by atoms with Crippen molar-refractivity contribution in [3.05, 3.63) is 0 Å². The second kappa shape index (κ2) is 9.83. The van der Waals surface area contributed by atoms with Crippen LogP contribution < -0.4 is 16.0 Å². The average Bonchev–Trinajstić information content (AvgIpc) is 2.71. The van der Waals surface area contributed by atoms with Crippen LogP contribution >= 0.6 is 0 Å². The second-order valence-electron chi connectivity index (χ2n) is 8.51. The zero-order valence-electron chi connectivity index (χ0n) is 16.6. The van der Waals surface area contributed by atoms with Crippen LogP contribution in [-0.4, -0.2) is 68.4 Å². The lowest BCUT2D eigenvalue weighted by atomic mass is 9.84. The molecule has 3 N–H and O–H groups in total. The van der Waals surface area contributed by atoms with Crippen molar-refractivity contribution >= 4 is 5.91 Å². The summed E-state index contributed by atoms with van der Waals surface area (Å²) in [6.45, 7) is 3.89. The summed E-state index contributed by atoms with van der Waals surface area (Å²) in [5, 5.41) is 19.6. The quantitative estimate of drug-likeness (QED) is 0.639. The molecule has 0 aromatic heterocycles. The summed E-state index contributed by atoms with van der Waals surface area (Å²) in [7, 11) is 2.06. The van der Waals surface area contributed by atoms with Crippen LogP contribution in [0.5, 0.6) is 0 Å². The molecule has 0 radical (unpaired) electrons. The van der Waals surface area contributed by atoms with E-state index in [1.54, 1.807) is 0 Å². The van der Waals surface area contributed by atoms with Crippen molar-refractivity contribution in [2.24, 2.45) is 5.92 Å². The van der Waals surface area contributed by atoms with E-state index in [4.69, 9.17) is 4.74 Å². The van der Waals surface area contributed by atoms with Gasteiger partial charge in [0.25, 0.3) is 0 Å². The SMILES string of the molecule is CN1CCC(C#N)(NC(=O)C(CC2CCCCC2)NC2CNCCO2)CC1. The molecule has 7 heteroatoms. The number of ether oxygens (including phenoxy) is 1. The highest BCUT2D eigenvalue weighted by Crippen LogP contribution is 2.28. The Kier molecular flexibility index (Phi) is 7.48. The molecule has 152 valence electrons. The van der Waals surface area contributed by atoms with Crippen LogP contribution in [0.3, 0.4) is 0 Å². The number of rotatable bonds is 6. The Bertz CT molecular complexity index is 495. The van der Waals surface area contributed by atoms with Gasteiger partial charge in [0, 0.05) is 26.2 Å². The maximum Gasteiger partial charge on any atom is 0.238 e. The number of piperidine rings is 1. The van der Waals surface area contributed by atoms with E-state index in [0.717, 1.165) is 26.1 Å². The van der Waals surface area contributed by atoms with Crippen LogP contribution in [0.4, 0.5) is 0 Å². The molecular weight excluding hydrogens is 342 g/mol. The van der Waals surface area contributed by atoms with E-state index in [1.807, 2.05) is 0 Å². The molecule has 2 heterocycles. The monoisotopic (exact) mass is 377 g/mol. The van der Waals surface area contributed by atoms with Crippen molar-refractivity contribution in [2.75, 3.05) is 39.8 Å². The van der Waals surface area contributed by atoms with Crippen molar-refractivity contribution in [1.29, 1.82) is 5.26 Å². The Morgan fingerprint density at radius 1 is 1.33 bits per heavy atom. The molecule has 2 saturated heterocycles. The second-order valence-corrected chi connectivity index (χ2v) is 8.51. The number of carbonyl (C=O) groups is 1. The van der Waals surface area contributed by atoms with E-state index >= 15 is 0 Å². The van der Waals surface area contributed by atoms with E-state index in [2.05, 4.69) is 34.0 Å². The number of nitrogens with zero attached hydrogens (tertiary/aromatic N) is 2. The summed E-state index contributed by atoms with van der Waals surface area (Å²) in [4.78, 5) is 15.4. The summed E-state index contributed by atoms with van der Waals surface area (Å²) < 4.78 is 5.78. The predicted octanol–water partition coefficient (Wildman–Crippen LogP) is 0.965. The van der Waals surface area contributed by atoms with Crippen LogP contribution in [0.15, 0.2) is 0 Å². The number of hydrogen-bond acceptors (Lipinski definition) is 6. The van der Waals surface area contributed by atoms with Crippen molar-refractivity contribution in [2.45, 2.75) is 69.2 Å². The first kappa shape index (κ1) is 20.5. The molecule has 1 amide bonds. The molecule has 3 aliphatic rings. The molecule has 0 bridgehead atoms. The number of amides is 1. The van der Waals surface area contributed by atoms with Crippen molar-refractivity contribution in [3.63, 3.8) is 0 Å². The van der Waals surface area contributed by atoms with Crippen LogP contribution in [0.25, 0.3) is 0 Å². The Morgan fingerprint density at radius 2 is 2.07 bits per heavy atom. The Labute approximate surface area is 163 Å². The fourth-order valence-electron chi connectivity index (χ4n) is 4.49. The molecule has 0 aromatic carbocycles. The van der Waals surface area contributed by atoms with E-state index < -0.39 is 5.54 Å². The van der Waals surface area contributed by atoms with Crippen molar-refractivity contribution in [1.82, 2.24) is 20.9 Å². The number of nitrogens with one attached hydrogen (secondary N) is 3. The lowest BCUT2D eigenvalue weighted by Gasteiger charge is -2.38. The van der Waals surface area contributed by atoms with Gasteiger partial charge >= 0.3 is 0 Å². The molecule has 2 aliphatic heterocycles. The fraction of sp³-hybridized carbons (Fsp3) is 0.900. The van der Waals surface area contributed by atoms with Gasteiger partial charge in [-0.25, -0.2) is 0 Å². The number of hydrogen-bond donors (Lipinski definition) is 3. The number of carbonyl (C=O) groups excluding carboxylic acids is 1. The molecule has 1 aliphatic carbocycles. The molecule has 2 unspecified atom stereocenters. The van der Waals surface area contributed by atoms with Gasteiger partial charge < -0.3 is 20.3 Å². The van der Waals surface area contributed by atoms with Crippen LogP contribution in [0.2, 0.25) is 0 Å². The van der Waals surface area contributed by atoms with E-state index in [9.17, 15) is 10.1 Å². The predicted molar refractivity (Wildman–Crippen MR) is 104 cm³/mol. The van der Waals surface area contributed by atoms with Gasteiger partial charge in [0.1, 0.15) is 11.8 Å². The number of morpholine rings is 1. The van der Waals surface area contributed by atoms with Crippen LogP contribution in [0, 0.1) is 17.2 Å². The Morgan fingerprint density at radius 3 is 2.70 bits per heavy atom. The molecule has 2 atom stereocenters. The lowest BCUT2D eigenvalue weighted by Crippen LogP contribution is -2.60.